The molecule has 2 N–H and O–H groups in total. The monoisotopic (exact) mass is 518 g/mol. The fraction of sp³-hybridized carbons (Fsp3) is 0.321. The lowest BCUT2D eigenvalue weighted by Gasteiger charge is -2.37. The van der Waals surface area contributed by atoms with Crippen molar-refractivity contribution in [2.75, 3.05) is 7.11 Å². The topological polar surface area (TPSA) is 50.4 Å². The van der Waals surface area contributed by atoms with E-state index in [2.05, 4.69) is 10.6 Å². The van der Waals surface area contributed by atoms with Crippen molar-refractivity contribution in [3.8, 4) is 5.75 Å². The number of halogens is 5. The Morgan fingerprint density at radius 3 is 2.24 bits per heavy atom. The normalized spacial score (nSPS) is 15.7. The van der Waals surface area contributed by atoms with E-state index in [0.717, 1.165) is 43.9 Å². The Morgan fingerprint density at radius 2 is 1.59 bits per heavy atom. The molecule has 1 saturated carbocycles. The number of hydrogen-bond donors (Lipinski definition) is 2. The number of ether oxygens (including phenoxy) is 1. The molecule has 2 amide bonds. The second-order valence-corrected chi connectivity index (χ2v) is 9.22. The lowest BCUT2D eigenvalue weighted by molar-refractivity contribution is -0.137. The summed E-state index contributed by atoms with van der Waals surface area (Å²) in [6.07, 6.45) is -1.41. The highest BCUT2D eigenvalue weighted by Crippen LogP contribution is 2.39. The van der Waals surface area contributed by atoms with E-state index < -0.39 is 34.9 Å². The van der Waals surface area contributed by atoms with Crippen LogP contribution < -0.4 is 15.4 Å². The van der Waals surface area contributed by atoms with Gasteiger partial charge in [0.15, 0.2) is 11.6 Å². The number of carbonyl (C=O) groups excluding carboxylic acids is 1. The maximum atomic E-state index is 14.7. The summed E-state index contributed by atoms with van der Waals surface area (Å²) >= 11 is 0. The third-order valence-corrected chi connectivity index (χ3v) is 6.69. The standard InChI is InChI=1S/C28H27F5N2O2/c1-37-25-16-19(11-12-24(25)30)27(17-18-7-3-2-4-8-18,35-26(36)34-23-9-5-6-10-23)20-13-21(28(31,32)33)15-22(29)14-20/h2-4,7-8,11-16,23H,5-6,9-10,17H2,1H3,(H2,34,35,36)/t27-/m1/s1. The maximum Gasteiger partial charge on any atom is 0.416 e. The number of rotatable bonds is 7. The number of nitrogens with one attached hydrogen (secondary N) is 2. The van der Waals surface area contributed by atoms with Gasteiger partial charge in [-0.2, -0.15) is 13.2 Å². The summed E-state index contributed by atoms with van der Waals surface area (Å²) in [6, 6.07) is 14.0. The zero-order valence-corrected chi connectivity index (χ0v) is 20.2. The number of methoxy groups -OCH3 is 1. The molecule has 0 saturated heterocycles. The average molecular weight is 519 g/mol. The molecule has 1 fully saturated rings. The Balaban J connectivity index is 1.93. The van der Waals surface area contributed by atoms with Crippen molar-refractivity contribution >= 4 is 6.03 Å². The average Bonchev–Trinajstić information content (AvgIpc) is 3.36. The molecule has 3 aromatic carbocycles. The third kappa shape index (κ3) is 6.03. The van der Waals surface area contributed by atoms with Crippen LogP contribution in [0.4, 0.5) is 26.7 Å². The van der Waals surface area contributed by atoms with Gasteiger partial charge < -0.3 is 15.4 Å². The maximum absolute atomic E-state index is 14.7. The first-order valence-corrected chi connectivity index (χ1v) is 12.0. The molecule has 0 bridgehead atoms. The minimum absolute atomic E-state index is 0.0402. The zero-order valence-electron chi connectivity index (χ0n) is 20.2. The molecule has 4 rings (SSSR count). The summed E-state index contributed by atoms with van der Waals surface area (Å²) in [5.41, 5.74) is -2.15. The smallest absolute Gasteiger partial charge is 0.416 e. The summed E-state index contributed by atoms with van der Waals surface area (Å²) in [5, 5.41) is 5.74. The van der Waals surface area contributed by atoms with E-state index in [1.54, 1.807) is 30.3 Å². The van der Waals surface area contributed by atoms with Gasteiger partial charge in [0.2, 0.25) is 0 Å². The molecule has 3 aromatic rings. The van der Waals surface area contributed by atoms with Gasteiger partial charge in [0.1, 0.15) is 5.82 Å². The third-order valence-electron chi connectivity index (χ3n) is 6.69. The molecule has 0 aromatic heterocycles. The van der Waals surface area contributed by atoms with Gasteiger partial charge in [0.25, 0.3) is 0 Å². The number of alkyl halides is 3. The Labute approximate surface area is 211 Å². The number of amides is 2. The van der Waals surface area contributed by atoms with Crippen molar-refractivity contribution in [2.45, 2.75) is 49.9 Å². The molecule has 0 radical (unpaired) electrons. The Bertz CT molecular complexity index is 1240. The van der Waals surface area contributed by atoms with Gasteiger partial charge in [-0.25, -0.2) is 13.6 Å². The molecule has 0 unspecified atom stereocenters. The minimum atomic E-state index is -4.83. The van der Waals surface area contributed by atoms with Crippen LogP contribution in [0.3, 0.4) is 0 Å². The summed E-state index contributed by atoms with van der Waals surface area (Å²) in [7, 11) is 1.26. The zero-order chi connectivity index (χ0) is 26.6. The number of urea groups is 1. The first-order valence-electron chi connectivity index (χ1n) is 12.0. The van der Waals surface area contributed by atoms with Crippen LogP contribution in [0.5, 0.6) is 5.75 Å². The molecular weight excluding hydrogens is 491 g/mol. The molecule has 4 nitrogen and oxygen atoms in total. The SMILES string of the molecule is COc1cc([C@@](Cc2ccccc2)(NC(=O)NC2CCCC2)c2cc(F)cc(C(F)(F)F)c2)ccc1F. The molecule has 0 aliphatic heterocycles. The van der Waals surface area contributed by atoms with Crippen LogP contribution in [-0.2, 0) is 18.1 Å². The first-order chi connectivity index (χ1) is 17.6. The quantitative estimate of drug-likeness (QED) is 0.341. The van der Waals surface area contributed by atoms with E-state index in [4.69, 9.17) is 4.74 Å². The van der Waals surface area contributed by atoms with Gasteiger partial charge in [-0.1, -0.05) is 49.2 Å². The van der Waals surface area contributed by atoms with Crippen LogP contribution in [0.25, 0.3) is 0 Å². The fourth-order valence-electron chi connectivity index (χ4n) is 4.87. The van der Waals surface area contributed by atoms with Gasteiger partial charge in [-0.3, -0.25) is 0 Å². The van der Waals surface area contributed by atoms with Crippen molar-refractivity contribution in [3.63, 3.8) is 0 Å². The van der Waals surface area contributed by atoms with Crippen LogP contribution >= 0.6 is 0 Å². The summed E-state index contributed by atoms with van der Waals surface area (Å²) < 4.78 is 75.4. The predicted octanol–water partition coefficient (Wildman–Crippen LogP) is 6.72. The van der Waals surface area contributed by atoms with E-state index in [0.29, 0.717) is 11.6 Å². The molecule has 0 heterocycles. The highest BCUT2D eigenvalue weighted by molar-refractivity contribution is 5.76. The molecule has 0 spiro atoms. The molecule has 1 atom stereocenters. The van der Waals surface area contributed by atoms with Gasteiger partial charge >= 0.3 is 12.2 Å². The highest BCUT2D eigenvalue weighted by Gasteiger charge is 2.40. The van der Waals surface area contributed by atoms with E-state index >= 15 is 0 Å². The van der Waals surface area contributed by atoms with Crippen LogP contribution in [-0.4, -0.2) is 19.2 Å². The van der Waals surface area contributed by atoms with Crippen LogP contribution in [0.1, 0.15) is 47.9 Å². The van der Waals surface area contributed by atoms with E-state index in [1.807, 2.05) is 0 Å². The summed E-state index contributed by atoms with van der Waals surface area (Å²) in [4.78, 5) is 13.3. The van der Waals surface area contributed by atoms with Crippen molar-refractivity contribution in [1.82, 2.24) is 10.6 Å². The van der Waals surface area contributed by atoms with Crippen LogP contribution in [0.2, 0.25) is 0 Å². The molecule has 1 aliphatic carbocycles. The van der Waals surface area contributed by atoms with Crippen LogP contribution in [0, 0.1) is 11.6 Å². The molecule has 9 heteroatoms. The second kappa shape index (κ2) is 10.8. The van der Waals surface area contributed by atoms with Gasteiger partial charge in [-0.05, 0) is 59.9 Å². The largest absolute Gasteiger partial charge is 0.494 e. The van der Waals surface area contributed by atoms with E-state index in [9.17, 15) is 26.7 Å². The first kappa shape index (κ1) is 26.4. The molecule has 196 valence electrons. The molecule has 37 heavy (non-hydrogen) atoms. The van der Waals surface area contributed by atoms with Crippen LogP contribution in [0.15, 0.2) is 66.7 Å². The van der Waals surface area contributed by atoms with Gasteiger partial charge in [-0.15, -0.1) is 0 Å². The molecular formula is C28H27F5N2O2. The van der Waals surface area contributed by atoms with Gasteiger partial charge in [0.05, 0.1) is 18.2 Å². The lowest BCUT2D eigenvalue weighted by Crippen LogP contribution is -2.53. The Hall–Kier alpha value is -3.62. The Morgan fingerprint density at radius 1 is 0.919 bits per heavy atom. The number of hydrogen-bond acceptors (Lipinski definition) is 2. The highest BCUT2D eigenvalue weighted by atomic mass is 19.4. The fourth-order valence-corrected chi connectivity index (χ4v) is 4.87. The second-order valence-electron chi connectivity index (χ2n) is 9.22. The summed E-state index contributed by atoms with van der Waals surface area (Å²) in [5.74, 6) is -1.97. The van der Waals surface area contributed by atoms with E-state index in [-0.39, 0.29) is 29.3 Å². The van der Waals surface area contributed by atoms with Gasteiger partial charge in [0, 0.05) is 12.5 Å². The van der Waals surface area contributed by atoms with Crippen molar-refractivity contribution in [3.05, 3.63) is 101 Å². The predicted molar refractivity (Wildman–Crippen MR) is 129 cm³/mol. The number of carbonyl (C=O) groups is 1. The van der Waals surface area contributed by atoms with Crippen molar-refractivity contribution in [2.24, 2.45) is 0 Å². The van der Waals surface area contributed by atoms with Crippen molar-refractivity contribution < 1.29 is 31.5 Å². The van der Waals surface area contributed by atoms with E-state index in [1.165, 1.54) is 19.2 Å². The molecule has 1 aliphatic rings. The summed E-state index contributed by atoms with van der Waals surface area (Å²) in [6.45, 7) is 0. The number of benzene rings is 3. The Kier molecular flexibility index (Phi) is 7.71. The minimum Gasteiger partial charge on any atom is -0.494 e. The lowest BCUT2D eigenvalue weighted by atomic mass is 9.77. The van der Waals surface area contributed by atoms with Crippen molar-refractivity contribution in [1.29, 1.82) is 0 Å².